The van der Waals surface area contributed by atoms with E-state index in [1.54, 1.807) is 24.3 Å². The van der Waals surface area contributed by atoms with Crippen LogP contribution in [0, 0.1) is 21.4 Å². The fourth-order valence-corrected chi connectivity index (χ4v) is 3.48. The van der Waals surface area contributed by atoms with Gasteiger partial charge in [0.1, 0.15) is 6.61 Å². The highest BCUT2D eigenvalue weighted by atomic mass is 79.9. The second-order valence-electron chi connectivity index (χ2n) is 6.66. The van der Waals surface area contributed by atoms with Crippen LogP contribution in [0.4, 0.5) is 5.69 Å². The van der Waals surface area contributed by atoms with Crippen LogP contribution in [0.25, 0.3) is 11.6 Å². The van der Waals surface area contributed by atoms with Crippen LogP contribution in [0.2, 0.25) is 5.02 Å². The lowest BCUT2D eigenvalue weighted by atomic mass is 10.0. The third-order valence-electron chi connectivity index (χ3n) is 4.43. The molecule has 32 heavy (non-hydrogen) atoms. The fourth-order valence-electron chi connectivity index (χ4n) is 2.94. The molecule has 3 rings (SSSR count). The van der Waals surface area contributed by atoms with E-state index < -0.39 is 4.92 Å². The SMILES string of the molecule is CCOc1cc(/C=C(/C#N)c2cccc([N+](=O)[O-])c2)cc(Cl)c1OCc1ccc(Br)cc1. The maximum atomic E-state index is 11.1. The van der Waals surface area contributed by atoms with Gasteiger partial charge in [0.05, 0.1) is 28.2 Å². The molecule has 162 valence electrons. The van der Waals surface area contributed by atoms with Crippen LogP contribution in [0.15, 0.2) is 65.1 Å². The van der Waals surface area contributed by atoms with Gasteiger partial charge in [-0.05, 0) is 54.0 Å². The van der Waals surface area contributed by atoms with E-state index in [1.807, 2.05) is 31.2 Å². The van der Waals surface area contributed by atoms with E-state index in [9.17, 15) is 15.4 Å². The van der Waals surface area contributed by atoms with Gasteiger partial charge in [0.15, 0.2) is 11.5 Å². The molecule has 0 radical (unpaired) electrons. The van der Waals surface area contributed by atoms with Gasteiger partial charge in [-0.15, -0.1) is 0 Å². The highest BCUT2D eigenvalue weighted by Gasteiger charge is 2.14. The zero-order valence-corrected chi connectivity index (χ0v) is 19.4. The Morgan fingerprint density at radius 2 is 1.94 bits per heavy atom. The first-order chi connectivity index (χ1) is 15.4. The second-order valence-corrected chi connectivity index (χ2v) is 7.98. The van der Waals surface area contributed by atoms with Crippen LogP contribution in [0.1, 0.15) is 23.6 Å². The van der Waals surface area contributed by atoms with Crippen molar-refractivity contribution in [3.05, 3.63) is 97.0 Å². The zero-order chi connectivity index (χ0) is 23.1. The van der Waals surface area contributed by atoms with E-state index in [0.717, 1.165) is 10.0 Å². The van der Waals surface area contributed by atoms with Gasteiger partial charge >= 0.3 is 0 Å². The molecule has 0 aliphatic carbocycles. The van der Waals surface area contributed by atoms with Crippen molar-refractivity contribution in [3.8, 4) is 17.6 Å². The Labute approximate surface area is 198 Å². The molecule has 0 fully saturated rings. The van der Waals surface area contributed by atoms with Gasteiger partial charge in [-0.3, -0.25) is 10.1 Å². The number of nitriles is 1. The van der Waals surface area contributed by atoms with Crippen LogP contribution in [0.5, 0.6) is 11.5 Å². The standard InChI is InChI=1S/C24H18BrClN2O4/c1-2-31-23-12-17(10-19(14-27)18-4-3-5-21(13-18)28(29)30)11-22(26)24(23)32-15-16-6-8-20(25)9-7-16/h3-13H,2,15H2,1H3/b19-10-. The molecule has 0 N–H and O–H groups in total. The maximum absolute atomic E-state index is 11.1. The molecule has 3 aromatic rings. The number of ether oxygens (including phenoxy) is 2. The molecule has 0 amide bonds. The van der Waals surface area contributed by atoms with E-state index in [1.165, 1.54) is 18.2 Å². The van der Waals surface area contributed by atoms with E-state index in [2.05, 4.69) is 22.0 Å². The summed E-state index contributed by atoms with van der Waals surface area (Å²) < 4.78 is 12.6. The maximum Gasteiger partial charge on any atom is 0.270 e. The lowest BCUT2D eigenvalue weighted by Crippen LogP contribution is -2.01. The highest BCUT2D eigenvalue weighted by molar-refractivity contribution is 9.10. The number of rotatable bonds is 8. The predicted molar refractivity (Wildman–Crippen MR) is 128 cm³/mol. The van der Waals surface area contributed by atoms with Crippen molar-refractivity contribution in [1.29, 1.82) is 5.26 Å². The Hall–Kier alpha value is -3.34. The molecule has 8 heteroatoms. The van der Waals surface area contributed by atoms with Crippen molar-refractivity contribution in [1.82, 2.24) is 0 Å². The van der Waals surface area contributed by atoms with Gasteiger partial charge in [-0.25, -0.2) is 0 Å². The quantitative estimate of drug-likeness (QED) is 0.139. The van der Waals surface area contributed by atoms with Crippen LogP contribution in [-0.2, 0) is 6.61 Å². The minimum Gasteiger partial charge on any atom is -0.490 e. The largest absolute Gasteiger partial charge is 0.490 e. The molecule has 0 spiro atoms. The summed E-state index contributed by atoms with van der Waals surface area (Å²) in [4.78, 5) is 10.6. The molecule has 0 unspecified atom stereocenters. The first-order valence-corrected chi connectivity index (χ1v) is 10.8. The molecule has 0 bridgehead atoms. The van der Waals surface area contributed by atoms with Gasteiger partial charge in [-0.1, -0.05) is 51.8 Å². The number of halogens is 2. The molecule has 0 heterocycles. The molecule has 0 atom stereocenters. The average molecular weight is 514 g/mol. The van der Waals surface area contributed by atoms with Gasteiger partial charge in [0.25, 0.3) is 5.69 Å². The van der Waals surface area contributed by atoms with E-state index in [-0.39, 0.29) is 11.3 Å². The zero-order valence-electron chi connectivity index (χ0n) is 17.0. The number of hydrogen-bond donors (Lipinski definition) is 0. The summed E-state index contributed by atoms with van der Waals surface area (Å²) in [6.45, 7) is 2.55. The van der Waals surface area contributed by atoms with Crippen molar-refractivity contribution in [2.45, 2.75) is 13.5 Å². The predicted octanol–water partition coefficient (Wildman–Crippen LogP) is 7.05. The Morgan fingerprint density at radius 3 is 2.59 bits per heavy atom. The molecule has 0 aliphatic heterocycles. The van der Waals surface area contributed by atoms with Crippen LogP contribution < -0.4 is 9.47 Å². The molecule has 3 aromatic carbocycles. The number of nitro groups is 1. The number of non-ortho nitro benzene ring substituents is 1. The van der Waals surface area contributed by atoms with E-state index >= 15 is 0 Å². The van der Waals surface area contributed by atoms with Gasteiger partial charge < -0.3 is 9.47 Å². The summed E-state index contributed by atoms with van der Waals surface area (Å²) in [5.41, 5.74) is 2.18. The summed E-state index contributed by atoms with van der Waals surface area (Å²) in [6, 6.07) is 19.1. The Bertz CT molecular complexity index is 1200. The Balaban J connectivity index is 1.93. The topological polar surface area (TPSA) is 85.4 Å². The molecule has 0 aliphatic rings. The molecular weight excluding hydrogens is 496 g/mol. The van der Waals surface area contributed by atoms with Crippen LogP contribution >= 0.6 is 27.5 Å². The number of hydrogen-bond acceptors (Lipinski definition) is 5. The summed E-state index contributed by atoms with van der Waals surface area (Å²) >= 11 is 9.89. The molecular formula is C24H18BrClN2O4. The third-order valence-corrected chi connectivity index (χ3v) is 5.24. The molecule has 6 nitrogen and oxygen atoms in total. The number of nitrogens with zero attached hydrogens (tertiary/aromatic N) is 2. The monoisotopic (exact) mass is 512 g/mol. The average Bonchev–Trinajstić information content (AvgIpc) is 2.78. The highest BCUT2D eigenvalue weighted by Crippen LogP contribution is 2.38. The van der Waals surface area contributed by atoms with E-state index in [0.29, 0.717) is 40.9 Å². The normalized spacial score (nSPS) is 11.0. The Kier molecular flexibility index (Phi) is 7.87. The number of nitro benzene ring substituents is 1. The fraction of sp³-hybridized carbons (Fsp3) is 0.125. The van der Waals surface area contributed by atoms with E-state index in [4.69, 9.17) is 21.1 Å². The lowest BCUT2D eigenvalue weighted by Gasteiger charge is -2.15. The number of allylic oxidation sites excluding steroid dienone is 1. The van der Waals surface area contributed by atoms with Crippen molar-refractivity contribution < 1.29 is 14.4 Å². The van der Waals surface area contributed by atoms with Crippen molar-refractivity contribution in [2.24, 2.45) is 0 Å². The minimum atomic E-state index is -0.500. The first kappa shape index (κ1) is 23.3. The molecule has 0 aromatic heterocycles. The Morgan fingerprint density at radius 1 is 1.19 bits per heavy atom. The van der Waals surface area contributed by atoms with Gasteiger partial charge in [0, 0.05) is 16.6 Å². The molecule has 0 saturated heterocycles. The van der Waals surface area contributed by atoms with Gasteiger partial charge in [0.2, 0.25) is 0 Å². The van der Waals surface area contributed by atoms with Crippen LogP contribution in [-0.4, -0.2) is 11.5 Å². The summed E-state index contributed by atoms with van der Waals surface area (Å²) in [5.74, 6) is 0.849. The summed E-state index contributed by atoms with van der Waals surface area (Å²) in [7, 11) is 0. The summed E-state index contributed by atoms with van der Waals surface area (Å²) in [5, 5.41) is 21.0. The number of benzene rings is 3. The second kappa shape index (κ2) is 10.8. The van der Waals surface area contributed by atoms with Crippen molar-refractivity contribution in [3.63, 3.8) is 0 Å². The third kappa shape index (κ3) is 5.88. The van der Waals surface area contributed by atoms with Gasteiger partial charge in [-0.2, -0.15) is 5.26 Å². The smallest absolute Gasteiger partial charge is 0.270 e. The van der Waals surface area contributed by atoms with Crippen LogP contribution in [0.3, 0.4) is 0 Å². The summed E-state index contributed by atoms with van der Waals surface area (Å²) in [6.07, 6.45) is 1.60. The van der Waals surface area contributed by atoms with Crippen molar-refractivity contribution in [2.75, 3.05) is 6.61 Å². The first-order valence-electron chi connectivity index (χ1n) is 9.61. The lowest BCUT2D eigenvalue weighted by molar-refractivity contribution is -0.384. The molecule has 0 saturated carbocycles. The minimum absolute atomic E-state index is 0.0895. The van der Waals surface area contributed by atoms with Crippen molar-refractivity contribution >= 4 is 44.9 Å².